The normalized spacial score (nSPS) is 17.8. The van der Waals surface area contributed by atoms with Gasteiger partial charge in [0.15, 0.2) is 0 Å². The monoisotopic (exact) mass is 282 g/mol. The van der Waals surface area contributed by atoms with E-state index in [0.29, 0.717) is 19.8 Å². The van der Waals surface area contributed by atoms with Gasteiger partial charge in [-0.15, -0.1) is 24.8 Å². The highest BCUT2D eigenvalue weighted by Crippen LogP contribution is 2.32. The summed E-state index contributed by atoms with van der Waals surface area (Å²) >= 11 is 0. The van der Waals surface area contributed by atoms with Crippen molar-refractivity contribution in [2.45, 2.75) is 18.3 Å². The lowest BCUT2D eigenvalue weighted by Crippen LogP contribution is -2.41. The number of nitrogens with two attached hydrogens (primary N) is 1. The summed E-state index contributed by atoms with van der Waals surface area (Å²) in [5, 5.41) is 0. The molecule has 1 aromatic heterocycles. The molecule has 2 N–H and O–H groups in total. The average Bonchev–Trinajstić information content (AvgIpc) is 2.31. The van der Waals surface area contributed by atoms with Crippen molar-refractivity contribution in [2.75, 3.05) is 19.8 Å². The van der Waals surface area contributed by atoms with Crippen LogP contribution in [0.5, 0.6) is 0 Å². The van der Waals surface area contributed by atoms with E-state index in [1.165, 1.54) is 12.3 Å². The molecule has 0 spiro atoms. The summed E-state index contributed by atoms with van der Waals surface area (Å²) < 4.78 is 18.1. The van der Waals surface area contributed by atoms with Crippen molar-refractivity contribution >= 4 is 24.8 Å². The van der Waals surface area contributed by atoms with E-state index in [0.717, 1.165) is 18.5 Å². The second kappa shape index (κ2) is 7.11. The Morgan fingerprint density at radius 2 is 1.94 bits per heavy atom. The molecule has 0 saturated carbocycles. The molecule has 0 bridgehead atoms. The Hall–Kier alpha value is -0.420. The van der Waals surface area contributed by atoms with Gasteiger partial charge in [0.2, 0.25) is 0 Å². The van der Waals surface area contributed by atoms with Crippen molar-refractivity contribution in [1.29, 1.82) is 0 Å². The number of rotatable bonds is 2. The summed E-state index contributed by atoms with van der Waals surface area (Å²) in [5.41, 5.74) is 6.58. The first kappa shape index (κ1) is 16.6. The van der Waals surface area contributed by atoms with Gasteiger partial charge in [0.05, 0.1) is 6.20 Å². The molecule has 1 fully saturated rings. The zero-order valence-electron chi connectivity index (χ0n) is 9.39. The first-order valence-corrected chi connectivity index (χ1v) is 5.17. The number of aromatic nitrogens is 1. The quantitative estimate of drug-likeness (QED) is 0.904. The lowest BCUT2D eigenvalue weighted by Gasteiger charge is -2.35. The van der Waals surface area contributed by atoms with Crippen LogP contribution < -0.4 is 5.73 Å². The highest BCUT2D eigenvalue weighted by atomic mass is 35.5. The smallest absolute Gasteiger partial charge is 0.141 e. The van der Waals surface area contributed by atoms with Crippen LogP contribution in [0.1, 0.15) is 18.5 Å². The standard InChI is InChI=1S/C11H15FN2O.2ClH/c12-9-1-2-10(14-7-9)11(8-13)3-5-15-6-4-11;;/h1-2,7H,3-6,8,13H2;2*1H. The first-order valence-electron chi connectivity index (χ1n) is 5.17. The van der Waals surface area contributed by atoms with E-state index >= 15 is 0 Å². The van der Waals surface area contributed by atoms with Gasteiger partial charge in [-0.25, -0.2) is 4.39 Å². The maximum absolute atomic E-state index is 12.8. The molecule has 17 heavy (non-hydrogen) atoms. The van der Waals surface area contributed by atoms with Crippen LogP contribution >= 0.6 is 24.8 Å². The SMILES string of the molecule is Cl.Cl.NCC1(c2ccc(F)cn2)CCOCC1. The number of hydrogen-bond acceptors (Lipinski definition) is 3. The summed E-state index contributed by atoms with van der Waals surface area (Å²) in [4.78, 5) is 4.13. The third-order valence-corrected chi connectivity index (χ3v) is 3.11. The molecule has 2 rings (SSSR count). The Morgan fingerprint density at radius 1 is 1.29 bits per heavy atom. The maximum atomic E-state index is 12.8. The average molecular weight is 283 g/mol. The number of hydrogen-bond donors (Lipinski definition) is 1. The van der Waals surface area contributed by atoms with E-state index in [2.05, 4.69) is 4.98 Å². The van der Waals surface area contributed by atoms with Crippen molar-refractivity contribution in [3.63, 3.8) is 0 Å². The molecular formula is C11H17Cl2FN2O. The lowest BCUT2D eigenvalue weighted by molar-refractivity contribution is 0.0515. The molecule has 0 radical (unpaired) electrons. The molecular weight excluding hydrogens is 266 g/mol. The Morgan fingerprint density at radius 3 is 2.41 bits per heavy atom. The molecule has 0 atom stereocenters. The van der Waals surface area contributed by atoms with E-state index < -0.39 is 0 Å². The number of nitrogens with zero attached hydrogens (tertiary/aromatic N) is 1. The van der Waals surface area contributed by atoms with Gasteiger partial charge < -0.3 is 10.5 Å². The highest BCUT2D eigenvalue weighted by molar-refractivity contribution is 5.85. The van der Waals surface area contributed by atoms with E-state index in [4.69, 9.17) is 10.5 Å². The van der Waals surface area contributed by atoms with E-state index in [1.54, 1.807) is 6.07 Å². The molecule has 0 aliphatic carbocycles. The molecule has 6 heteroatoms. The van der Waals surface area contributed by atoms with Crippen molar-refractivity contribution in [3.05, 3.63) is 29.8 Å². The van der Waals surface area contributed by atoms with Crippen LogP contribution in [0.3, 0.4) is 0 Å². The van der Waals surface area contributed by atoms with E-state index in [1.807, 2.05) is 0 Å². The minimum Gasteiger partial charge on any atom is -0.381 e. The molecule has 1 saturated heterocycles. The van der Waals surface area contributed by atoms with Crippen LogP contribution in [-0.4, -0.2) is 24.7 Å². The van der Waals surface area contributed by atoms with Crippen molar-refractivity contribution in [1.82, 2.24) is 4.98 Å². The van der Waals surface area contributed by atoms with Gasteiger partial charge in [0.25, 0.3) is 0 Å². The fourth-order valence-corrected chi connectivity index (χ4v) is 2.02. The topological polar surface area (TPSA) is 48.1 Å². The van der Waals surface area contributed by atoms with Crippen molar-refractivity contribution in [2.24, 2.45) is 5.73 Å². The van der Waals surface area contributed by atoms with Crippen molar-refractivity contribution in [3.8, 4) is 0 Å². The Bertz CT molecular complexity index is 329. The minimum atomic E-state index is -0.307. The zero-order valence-corrected chi connectivity index (χ0v) is 11.0. The molecule has 98 valence electrons. The summed E-state index contributed by atoms with van der Waals surface area (Å²) in [7, 11) is 0. The van der Waals surface area contributed by atoms with Crippen LogP contribution in [0.25, 0.3) is 0 Å². The van der Waals surface area contributed by atoms with Gasteiger partial charge >= 0.3 is 0 Å². The van der Waals surface area contributed by atoms with Crippen LogP contribution in [0.15, 0.2) is 18.3 Å². The molecule has 3 nitrogen and oxygen atoms in total. The lowest BCUT2D eigenvalue weighted by atomic mass is 9.77. The van der Waals surface area contributed by atoms with E-state index in [-0.39, 0.29) is 36.0 Å². The third-order valence-electron chi connectivity index (χ3n) is 3.11. The zero-order chi connectivity index (χ0) is 10.7. The molecule has 2 heterocycles. The Balaban J connectivity index is 0.00000128. The second-order valence-corrected chi connectivity index (χ2v) is 3.96. The van der Waals surface area contributed by atoms with E-state index in [9.17, 15) is 4.39 Å². The molecule has 0 unspecified atom stereocenters. The summed E-state index contributed by atoms with van der Waals surface area (Å²) in [6.45, 7) is 1.95. The largest absolute Gasteiger partial charge is 0.381 e. The van der Waals surface area contributed by atoms with Crippen LogP contribution in [0.4, 0.5) is 4.39 Å². The Labute approximate surface area is 113 Å². The summed E-state index contributed by atoms with van der Waals surface area (Å²) in [6, 6.07) is 3.17. The van der Waals surface area contributed by atoms with Gasteiger partial charge in [-0.3, -0.25) is 4.98 Å². The Kier molecular flexibility index (Phi) is 6.94. The molecule has 1 aliphatic rings. The fraction of sp³-hybridized carbons (Fsp3) is 0.545. The van der Waals surface area contributed by atoms with Crippen molar-refractivity contribution < 1.29 is 9.13 Å². The molecule has 1 aliphatic heterocycles. The molecule has 1 aromatic rings. The van der Waals surface area contributed by atoms with Gasteiger partial charge in [-0.1, -0.05) is 0 Å². The third kappa shape index (κ3) is 3.52. The molecule has 0 amide bonds. The second-order valence-electron chi connectivity index (χ2n) is 3.96. The van der Waals surface area contributed by atoms with Crippen LogP contribution in [-0.2, 0) is 10.2 Å². The first-order chi connectivity index (χ1) is 7.27. The summed E-state index contributed by atoms with van der Waals surface area (Å²) in [5.74, 6) is -0.307. The number of ether oxygens (including phenoxy) is 1. The number of pyridine rings is 1. The fourth-order valence-electron chi connectivity index (χ4n) is 2.02. The number of halogens is 3. The predicted octanol–water partition coefficient (Wildman–Crippen LogP) is 2.07. The van der Waals surface area contributed by atoms with Crippen LogP contribution in [0, 0.1) is 5.82 Å². The predicted molar refractivity (Wildman–Crippen MR) is 69.5 cm³/mol. The van der Waals surface area contributed by atoms with Gasteiger partial charge in [0, 0.05) is 30.9 Å². The highest BCUT2D eigenvalue weighted by Gasteiger charge is 2.34. The maximum Gasteiger partial charge on any atom is 0.141 e. The van der Waals surface area contributed by atoms with Gasteiger partial charge in [0.1, 0.15) is 5.82 Å². The molecule has 0 aromatic carbocycles. The van der Waals surface area contributed by atoms with Crippen LogP contribution in [0.2, 0.25) is 0 Å². The summed E-state index contributed by atoms with van der Waals surface area (Å²) in [6.07, 6.45) is 2.98. The minimum absolute atomic E-state index is 0. The van der Waals surface area contributed by atoms with Gasteiger partial charge in [-0.05, 0) is 25.0 Å². The van der Waals surface area contributed by atoms with Gasteiger partial charge in [-0.2, -0.15) is 0 Å².